The molecular weight excluding hydrogens is 352 g/mol. The van der Waals surface area contributed by atoms with Gasteiger partial charge in [-0.05, 0) is 48.6 Å². The summed E-state index contributed by atoms with van der Waals surface area (Å²) >= 11 is 0. The minimum absolute atomic E-state index is 0.00725. The van der Waals surface area contributed by atoms with Crippen molar-refractivity contribution in [3.8, 4) is 0 Å². The van der Waals surface area contributed by atoms with Crippen molar-refractivity contribution in [3.05, 3.63) is 64.3 Å². The number of hydrogen-bond acceptors (Lipinski definition) is 3. The molecule has 5 rings (SSSR count). The van der Waals surface area contributed by atoms with Crippen LogP contribution in [0.15, 0.2) is 47.3 Å². The molecule has 144 valence electrons. The van der Waals surface area contributed by atoms with Gasteiger partial charge in [0.25, 0.3) is 5.91 Å². The summed E-state index contributed by atoms with van der Waals surface area (Å²) in [6.07, 6.45) is 3.83. The Kier molecular flexibility index (Phi) is 4.07. The van der Waals surface area contributed by atoms with Crippen molar-refractivity contribution in [3.63, 3.8) is 0 Å². The van der Waals surface area contributed by atoms with Crippen LogP contribution < -0.4 is 5.69 Å². The molecule has 0 bridgehead atoms. The van der Waals surface area contributed by atoms with Crippen molar-refractivity contribution in [1.82, 2.24) is 19.2 Å². The van der Waals surface area contributed by atoms with Gasteiger partial charge in [0.15, 0.2) is 0 Å². The summed E-state index contributed by atoms with van der Waals surface area (Å²) in [5.74, 6) is 1.24. The summed E-state index contributed by atoms with van der Waals surface area (Å²) in [7, 11) is 1.73. The first kappa shape index (κ1) is 17.2. The lowest BCUT2D eigenvalue weighted by Gasteiger charge is -2.31. The lowest BCUT2D eigenvalue weighted by atomic mass is 9.95. The first-order valence-corrected chi connectivity index (χ1v) is 10.1. The van der Waals surface area contributed by atoms with Crippen LogP contribution in [-0.2, 0) is 7.05 Å². The summed E-state index contributed by atoms with van der Waals surface area (Å²) in [5.41, 5.74) is 0.733. The smallest absolute Gasteiger partial charge is 0.339 e. The van der Waals surface area contributed by atoms with Crippen molar-refractivity contribution in [2.75, 3.05) is 13.1 Å². The van der Waals surface area contributed by atoms with E-state index < -0.39 is 0 Å². The second-order valence-corrected chi connectivity index (χ2v) is 7.99. The van der Waals surface area contributed by atoms with Gasteiger partial charge in [0, 0.05) is 37.7 Å². The number of carbonyl (C=O) groups is 1. The molecule has 0 unspecified atom stereocenters. The predicted octanol–water partition coefficient (Wildman–Crippen LogP) is 3.09. The Morgan fingerprint density at radius 1 is 1.00 bits per heavy atom. The predicted molar refractivity (Wildman–Crippen MR) is 108 cm³/mol. The molecule has 1 aliphatic carbocycles. The number of fused-ring (bicyclic) bond motifs is 1. The van der Waals surface area contributed by atoms with Gasteiger partial charge in [-0.25, -0.2) is 9.48 Å². The minimum atomic E-state index is -0.00725. The quantitative estimate of drug-likeness (QED) is 0.706. The fourth-order valence-corrected chi connectivity index (χ4v) is 4.30. The maximum absolute atomic E-state index is 13.0. The number of aryl methyl sites for hydroxylation is 1. The summed E-state index contributed by atoms with van der Waals surface area (Å²) in [6.45, 7) is 1.40. The Bertz CT molecular complexity index is 1100. The lowest BCUT2D eigenvalue weighted by molar-refractivity contribution is 0.0710. The van der Waals surface area contributed by atoms with Crippen LogP contribution in [0.1, 0.15) is 53.8 Å². The number of likely N-dealkylation sites (tertiary alicyclic amines) is 1. The van der Waals surface area contributed by atoms with Gasteiger partial charge in [-0.3, -0.25) is 9.36 Å². The van der Waals surface area contributed by atoms with E-state index in [-0.39, 0.29) is 17.5 Å². The number of carbonyl (C=O) groups excluding carboxylic acids is 1. The monoisotopic (exact) mass is 376 g/mol. The highest BCUT2D eigenvalue weighted by molar-refractivity contribution is 5.98. The molecule has 2 aromatic carbocycles. The molecule has 2 heterocycles. The molecule has 0 spiro atoms. The van der Waals surface area contributed by atoms with Crippen LogP contribution >= 0.6 is 0 Å². The molecular formula is C22H24N4O2. The molecule has 1 amide bonds. The van der Waals surface area contributed by atoms with Gasteiger partial charge in [-0.15, -0.1) is 0 Å². The number of aromatic nitrogens is 3. The fourth-order valence-electron chi connectivity index (χ4n) is 4.30. The molecule has 6 heteroatoms. The third-order valence-corrected chi connectivity index (χ3v) is 6.04. The molecule has 2 aliphatic rings. The van der Waals surface area contributed by atoms with Crippen LogP contribution in [0.3, 0.4) is 0 Å². The molecule has 0 atom stereocenters. The average Bonchev–Trinajstić information content (AvgIpc) is 3.53. The standard InChI is InChI=1S/C22H24N4O2/c1-24-22(28)26(19-8-9-19)20(23-24)16-10-12-25(13-11-16)21(27)18-7-6-15-4-2-3-5-17(15)14-18/h2-7,14,16,19H,8-13H2,1H3. The molecule has 1 aromatic heterocycles. The lowest BCUT2D eigenvalue weighted by Crippen LogP contribution is -2.38. The molecule has 6 nitrogen and oxygen atoms in total. The molecule has 2 fully saturated rings. The Balaban J connectivity index is 1.32. The zero-order valence-electron chi connectivity index (χ0n) is 16.0. The largest absolute Gasteiger partial charge is 0.345 e. The number of piperidine rings is 1. The van der Waals surface area contributed by atoms with Gasteiger partial charge in [0.2, 0.25) is 0 Å². The summed E-state index contributed by atoms with van der Waals surface area (Å²) in [4.78, 5) is 27.3. The van der Waals surface area contributed by atoms with Crippen LogP contribution in [-0.4, -0.2) is 38.2 Å². The third-order valence-electron chi connectivity index (χ3n) is 6.04. The summed E-state index contributed by atoms with van der Waals surface area (Å²) < 4.78 is 3.35. The van der Waals surface area contributed by atoms with Crippen molar-refractivity contribution in [2.24, 2.45) is 7.05 Å². The normalized spacial score (nSPS) is 18.0. The number of amides is 1. The second kappa shape index (κ2) is 6.62. The van der Waals surface area contributed by atoms with E-state index in [0.29, 0.717) is 19.1 Å². The van der Waals surface area contributed by atoms with E-state index in [1.165, 1.54) is 4.68 Å². The fraction of sp³-hybridized carbons (Fsp3) is 0.409. The van der Waals surface area contributed by atoms with Crippen molar-refractivity contribution in [1.29, 1.82) is 0 Å². The topological polar surface area (TPSA) is 60.1 Å². The van der Waals surface area contributed by atoms with E-state index in [2.05, 4.69) is 11.2 Å². The Morgan fingerprint density at radius 2 is 1.71 bits per heavy atom. The highest BCUT2D eigenvalue weighted by atomic mass is 16.2. The average molecular weight is 376 g/mol. The molecule has 1 saturated heterocycles. The van der Waals surface area contributed by atoms with E-state index in [9.17, 15) is 9.59 Å². The van der Waals surface area contributed by atoms with Crippen LogP contribution in [0.2, 0.25) is 0 Å². The number of hydrogen-bond donors (Lipinski definition) is 0. The highest BCUT2D eigenvalue weighted by Gasteiger charge is 2.34. The second-order valence-electron chi connectivity index (χ2n) is 7.99. The van der Waals surface area contributed by atoms with Gasteiger partial charge >= 0.3 is 5.69 Å². The molecule has 1 aliphatic heterocycles. The third kappa shape index (κ3) is 2.93. The van der Waals surface area contributed by atoms with Gasteiger partial charge in [-0.1, -0.05) is 30.3 Å². The molecule has 1 saturated carbocycles. The number of rotatable bonds is 3. The summed E-state index contributed by atoms with van der Waals surface area (Å²) in [6, 6.07) is 14.3. The maximum Gasteiger partial charge on any atom is 0.345 e. The van der Waals surface area contributed by atoms with Gasteiger partial charge in [0.05, 0.1) is 0 Å². The first-order valence-electron chi connectivity index (χ1n) is 10.1. The number of nitrogens with zero attached hydrogens (tertiary/aromatic N) is 4. The van der Waals surface area contributed by atoms with E-state index in [1.807, 2.05) is 45.9 Å². The van der Waals surface area contributed by atoms with Crippen molar-refractivity contribution >= 4 is 16.7 Å². The maximum atomic E-state index is 13.0. The summed E-state index contributed by atoms with van der Waals surface area (Å²) in [5, 5.41) is 6.75. The van der Waals surface area contributed by atoms with Gasteiger partial charge < -0.3 is 4.90 Å². The van der Waals surface area contributed by atoms with E-state index in [4.69, 9.17) is 0 Å². The zero-order valence-corrected chi connectivity index (χ0v) is 16.0. The zero-order chi connectivity index (χ0) is 19.3. The van der Waals surface area contributed by atoms with Crippen LogP contribution in [0.4, 0.5) is 0 Å². The Morgan fingerprint density at radius 3 is 2.43 bits per heavy atom. The first-order chi connectivity index (χ1) is 13.6. The Labute approximate surface area is 163 Å². The minimum Gasteiger partial charge on any atom is -0.339 e. The molecule has 28 heavy (non-hydrogen) atoms. The van der Waals surface area contributed by atoms with Crippen LogP contribution in [0.5, 0.6) is 0 Å². The SMILES string of the molecule is Cn1nc(C2CCN(C(=O)c3ccc4ccccc4c3)CC2)n(C2CC2)c1=O. The van der Waals surface area contributed by atoms with Crippen LogP contribution in [0, 0.1) is 0 Å². The van der Waals surface area contributed by atoms with Gasteiger partial charge in [0.1, 0.15) is 5.82 Å². The van der Waals surface area contributed by atoms with E-state index in [0.717, 1.165) is 47.8 Å². The van der Waals surface area contributed by atoms with Crippen molar-refractivity contribution in [2.45, 2.75) is 37.6 Å². The van der Waals surface area contributed by atoms with Crippen molar-refractivity contribution < 1.29 is 4.79 Å². The molecule has 0 radical (unpaired) electrons. The highest BCUT2D eigenvalue weighted by Crippen LogP contribution is 2.37. The van der Waals surface area contributed by atoms with E-state index >= 15 is 0 Å². The van der Waals surface area contributed by atoms with Gasteiger partial charge in [-0.2, -0.15) is 5.10 Å². The van der Waals surface area contributed by atoms with Crippen LogP contribution in [0.25, 0.3) is 10.8 Å². The Hall–Kier alpha value is -2.89. The number of benzene rings is 2. The molecule has 0 N–H and O–H groups in total. The molecule has 3 aromatic rings. The van der Waals surface area contributed by atoms with E-state index in [1.54, 1.807) is 7.05 Å².